The Balaban J connectivity index is 1.57. The first-order valence-electron chi connectivity index (χ1n) is 8.44. The molecule has 6 heteroatoms. The van der Waals surface area contributed by atoms with Crippen molar-refractivity contribution < 1.29 is 14.3 Å². The fourth-order valence-corrected chi connectivity index (χ4v) is 4.01. The predicted octanol–water partition coefficient (Wildman–Crippen LogP) is 2.56. The van der Waals surface area contributed by atoms with Crippen LogP contribution in [0.15, 0.2) is 34.1 Å². The maximum atomic E-state index is 9.43. The number of nitrogens with zero attached hydrogens (tertiary/aromatic N) is 2. The zero-order chi connectivity index (χ0) is 16.8. The average Bonchev–Trinajstić information content (AvgIpc) is 3.23. The molecule has 0 aliphatic carbocycles. The van der Waals surface area contributed by atoms with E-state index >= 15 is 0 Å². The van der Waals surface area contributed by atoms with Crippen LogP contribution in [0.2, 0.25) is 0 Å². The highest BCUT2D eigenvalue weighted by Crippen LogP contribution is 2.21. The van der Waals surface area contributed by atoms with Crippen molar-refractivity contribution in [2.45, 2.75) is 32.2 Å². The molecule has 0 bridgehead atoms. The van der Waals surface area contributed by atoms with Gasteiger partial charge in [-0.05, 0) is 30.0 Å². The molecule has 0 amide bonds. The third kappa shape index (κ3) is 4.68. The first kappa shape index (κ1) is 17.6. The molecular formula is C18H26N2O3S. The molecule has 1 N–H and O–H groups in total. The van der Waals surface area contributed by atoms with E-state index in [4.69, 9.17) is 9.15 Å². The Morgan fingerprint density at radius 1 is 1.25 bits per heavy atom. The second-order valence-electron chi connectivity index (χ2n) is 6.25. The van der Waals surface area contributed by atoms with Gasteiger partial charge in [0.2, 0.25) is 0 Å². The molecule has 1 fully saturated rings. The summed E-state index contributed by atoms with van der Waals surface area (Å²) in [5.41, 5.74) is 0. The van der Waals surface area contributed by atoms with Gasteiger partial charge in [-0.3, -0.25) is 9.80 Å². The summed E-state index contributed by atoms with van der Waals surface area (Å²) in [5, 5.41) is 11.6. The maximum absolute atomic E-state index is 9.43. The summed E-state index contributed by atoms with van der Waals surface area (Å²) in [4.78, 5) is 6.30. The van der Waals surface area contributed by atoms with Gasteiger partial charge in [-0.25, -0.2) is 0 Å². The van der Waals surface area contributed by atoms with Gasteiger partial charge in [-0.1, -0.05) is 6.07 Å². The Kier molecular flexibility index (Phi) is 6.45. The fourth-order valence-electron chi connectivity index (χ4n) is 3.28. The number of aliphatic hydroxyl groups excluding tert-OH is 1. The van der Waals surface area contributed by atoms with Gasteiger partial charge in [0.25, 0.3) is 0 Å². The van der Waals surface area contributed by atoms with Gasteiger partial charge in [0.1, 0.15) is 18.1 Å². The van der Waals surface area contributed by atoms with Gasteiger partial charge in [0, 0.05) is 50.8 Å². The molecule has 0 spiro atoms. The molecular weight excluding hydrogens is 324 g/mol. The number of methoxy groups -OCH3 is 1. The second-order valence-corrected chi connectivity index (χ2v) is 7.28. The fraction of sp³-hybridized carbons (Fsp3) is 0.556. The first-order chi connectivity index (χ1) is 11.8. The van der Waals surface area contributed by atoms with E-state index in [0.717, 1.165) is 50.7 Å². The molecule has 0 radical (unpaired) electrons. The van der Waals surface area contributed by atoms with E-state index < -0.39 is 0 Å². The van der Waals surface area contributed by atoms with Crippen LogP contribution in [0.25, 0.3) is 0 Å². The smallest absolute Gasteiger partial charge is 0.129 e. The van der Waals surface area contributed by atoms with Gasteiger partial charge < -0.3 is 14.3 Å². The topological polar surface area (TPSA) is 49.1 Å². The molecule has 1 atom stereocenters. The van der Waals surface area contributed by atoms with Crippen LogP contribution in [0.3, 0.4) is 0 Å². The van der Waals surface area contributed by atoms with Gasteiger partial charge in [-0.2, -0.15) is 0 Å². The van der Waals surface area contributed by atoms with E-state index in [2.05, 4.69) is 27.3 Å². The summed E-state index contributed by atoms with van der Waals surface area (Å²) in [6, 6.07) is 8.70. The highest BCUT2D eigenvalue weighted by Gasteiger charge is 2.27. The summed E-state index contributed by atoms with van der Waals surface area (Å²) in [5.74, 6) is 1.85. The van der Waals surface area contributed by atoms with Crippen molar-refractivity contribution in [3.05, 3.63) is 46.0 Å². The molecule has 132 valence electrons. The van der Waals surface area contributed by atoms with Crippen LogP contribution in [-0.4, -0.2) is 54.3 Å². The molecule has 1 unspecified atom stereocenters. The quantitative estimate of drug-likeness (QED) is 0.793. The van der Waals surface area contributed by atoms with Crippen molar-refractivity contribution in [2.75, 3.05) is 33.4 Å². The molecule has 0 saturated carbocycles. The number of aliphatic hydroxyl groups is 1. The molecule has 1 saturated heterocycles. The lowest BCUT2D eigenvalue weighted by Crippen LogP contribution is -2.52. The van der Waals surface area contributed by atoms with Crippen molar-refractivity contribution >= 4 is 11.3 Å². The minimum atomic E-state index is 0.234. The Bertz CT molecular complexity index is 599. The second kappa shape index (κ2) is 8.78. The van der Waals surface area contributed by atoms with E-state index in [9.17, 15) is 5.11 Å². The summed E-state index contributed by atoms with van der Waals surface area (Å²) in [7, 11) is 1.68. The molecule has 2 aromatic heterocycles. The van der Waals surface area contributed by atoms with Gasteiger partial charge in [0.05, 0.1) is 6.54 Å². The monoisotopic (exact) mass is 350 g/mol. The van der Waals surface area contributed by atoms with Crippen molar-refractivity contribution in [3.63, 3.8) is 0 Å². The predicted molar refractivity (Wildman–Crippen MR) is 94.9 cm³/mol. The number of ether oxygens (including phenoxy) is 1. The number of hydrogen-bond acceptors (Lipinski definition) is 6. The van der Waals surface area contributed by atoms with Crippen molar-refractivity contribution in [2.24, 2.45) is 0 Å². The largest absolute Gasteiger partial charge is 0.462 e. The molecule has 24 heavy (non-hydrogen) atoms. The molecule has 1 aliphatic heterocycles. The van der Waals surface area contributed by atoms with Crippen molar-refractivity contribution in [1.29, 1.82) is 0 Å². The van der Waals surface area contributed by atoms with Crippen LogP contribution >= 0.6 is 11.3 Å². The average molecular weight is 350 g/mol. The summed E-state index contributed by atoms with van der Waals surface area (Å²) >= 11 is 1.80. The van der Waals surface area contributed by atoms with Gasteiger partial charge in [0.15, 0.2) is 0 Å². The number of hydrogen-bond donors (Lipinski definition) is 1. The zero-order valence-corrected chi connectivity index (χ0v) is 15.0. The van der Waals surface area contributed by atoms with Gasteiger partial charge >= 0.3 is 0 Å². The SMILES string of the molecule is COCc1ccc(CN2CCN(Cc3cccs3)C(CCO)C2)o1. The first-order valence-corrected chi connectivity index (χ1v) is 9.32. The van der Waals surface area contributed by atoms with Crippen LogP contribution < -0.4 is 0 Å². The van der Waals surface area contributed by atoms with E-state index in [0.29, 0.717) is 12.6 Å². The molecule has 0 aromatic carbocycles. The summed E-state index contributed by atoms with van der Waals surface area (Å²) in [6.07, 6.45) is 0.814. The molecule has 3 heterocycles. The highest BCUT2D eigenvalue weighted by atomic mass is 32.1. The lowest BCUT2D eigenvalue weighted by molar-refractivity contribution is 0.0469. The number of furan rings is 1. The standard InChI is InChI=1S/C18H26N2O3S/c1-22-14-17-5-4-16(23-17)12-19-7-8-20(15(11-19)6-9-21)13-18-3-2-10-24-18/h2-5,10,15,21H,6-9,11-14H2,1H3. The number of thiophene rings is 1. The van der Waals surface area contributed by atoms with Crippen LogP contribution in [-0.2, 0) is 24.4 Å². The van der Waals surface area contributed by atoms with Gasteiger partial charge in [-0.15, -0.1) is 11.3 Å². The van der Waals surface area contributed by atoms with E-state index in [-0.39, 0.29) is 6.61 Å². The van der Waals surface area contributed by atoms with Crippen molar-refractivity contribution in [1.82, 2.24) is 9.80 Å². The zero-order valence-electron chi connectivity index (χ0n) is 14.2. The number of rotatable bonds is 8. The number of piperazine rings is 1. The molecule has 5 nitrogen and oxygen atoms in total. The highest BCUT2D eigenvalue weighted by molar-refractivity contribution is 7.09. The Morgan fingerprint density at radius 3 is 2.88 bits per heavy atom. The maximum Gasteiger partial charge on any atom is 0.129 e. The lowest BCUT2D eigenvalue weighted by Gasteiger charge is -2.41. The van der Waals surface area contributed by atoms with Crippen LogP contribution in [0, 0.1) is 0 Å². The molecule has 1 aliphatic rings. The summed E-state index contributed by atoms with van der Waals surface area (Å²) in [6.45, 7) is 5.56. The minimum Gasteiger partial charge on any atom is -0.462 e. The molecule has 2 aromatic rings. The Morgan fingerprint density at radius 2 is 2.12 bits per heavy atom. The van der Waals surface area contributed by atoms with E-state index in [1.807, 2.05) is 12.1 Å². The van der Waals surface area contributed by atoms with Crippen LogP contribution in [0.5, 0.6) is 0 Å². The Labute approximate surface area is 147 Å². The van der Waals surface area contributed by atoms with E-state index in [1.54, 1.807) is 18.4 Å². The van der Waals surface area contributed by atoms with Crippen LogP contribution in [0.1, 0.15) is 22.8 Å². The van der Waals surface area contributed by atoms with Crippen LogP contribution in [0.4, 0.5) is 0 Å². The third-order valence-corrected chi connectivity index (χ3v) is 5.33. The minimum absolute atomic E-state index is 0.234. The Hall–Kier alpha value is -1.18. The van der Waals surface area contributed by atoms with Crippen molar-refractivity contribution in [3.8, 4) is 0 Å². The summed E-state index contributed by atoms with van der Waals surface area (Å²) < 4.78 is 10.9. The van der Waals surface area contributed by atoms with E-state index in [1.165, 1.54) is 4.88 Å². The third-order valence-electron chi connectivity index (χ3n) is 4.47. The molecule has 3 rings (SSSR count). The lowest BCUT2D eigenvalue weighted by atomic mass is 10.1. The normalized spacial score (nSPS) is 19.8.